The highest BCUT2D eigenvalue weighted by molar-refractivity contribution is 6.10. The maximum atomic E-state index is 13.3. The van der Waals surface area contributed by atoms with Crippen molar-refractivity contribution in [3.8, 4) is 0 Å². The number of esters is 2. The third kappa shape index (κ3) is 2.13. The number of rotatable bonds is 2. The monoisotopic (exact) mass is 280 g/mol. The van der Waals surface area contributed by atoms with E-state index in [0.29, 0.717) is 0 Å². The molecule has 1 aromatic heterocycles. The van der Waals surface area contributed by atoms with Gasteiger partial charge in [-0.25, -0.2) is 18.8 Å². The fraction of sp³-hybridized carbons (Fsp3) is 0.154. The van der Waals surface area contributed by atoms with Gasteiger partial charge in [-0.1, -0.05) is 0 Å². The molecule has 0 spiro atoms. The second-order valence-corrected chi connectivity index (χ2v) is 3.77. The highest BCUT2D eigenvalue weighted by Crippen LogP contribution is 2.22. The molecule has 0 radical (unpaired) electrons. The molecular weight excluding hydrogens is 271 g/mol. The fourth-order valence-corrected chi connectivity index (χ4v) is 1.76. The van der Waals surface area contributed by atoms with E-state index in [2.05, 4.69) is 9.47 Å². The van der Waals surface area contributed by atoms with Crippen LogP contribution in [0.25, 0.3) is 10.8 Å². The third-order valence-corrected chi connectivity index (χ3v) is 2.65. The summed E-state index contributed by atoms with van der Waals surface area (Å²) in [4.78, 5) is 35.1. The average molecular weight is 280 g/mol. The standard InChI is InChI=1S/C13H9FO6/c1-18-12(16)9-8-5-6(14)3-4-7(8)11(15)20-10(9)13(17)19-2/h3-5H,1-2H3. The first kappa shape index (κ1) is 13.7. The number of carbonyl (C=O) groups excluding carboxylic acids is 2. The summed E-state index contributed by atoms with van der Waals surface area (Å²) in [5, 5.41) is -0.118. The van der Waals surface area contributed by atoms with Crippen LogP contribution in [-0.2, 0) is 9.47 Å². The van der Waals surface area contributed by atoms with Gasteiger partial charge in [-0.05, 0) is 18.2 Å². The van der Waals surface area contributed by atoms with E-state index >= 15 is 0 Å². The summed E-state index contributed by atoms with van der Waals surface area (Å²) in [7, 11) is 2.14. The first-order valence-electron chi connectivity index (χ1n) is 5.42. The van der Waals surface area contributed by atoms with Gasteiger partial charge in [0.25, 0.3) is 0 Å². The lowest BCUT2D eigenvalue weighted by atomic mass is 10.1. The maximum absolute atomic E-state index is 13.3. The molecular formula is C13H9FO6. The van der Waals surface area contributed by atoms with E-state index in [-0.39, 0.29) is 16.3 Å². The van der Waals surface area contributed by atoms with Crippen molar-refractivity contribution in [2.45, 2.75) is 0 Å². The lowest BCUT2D eigenvalue weighted by Crippen LogP contribution is -2.17. The van der Waals surface area contributed by atoms with Gasteiger partial charge in [0.05, 0.1) is 19.6 Å². The number of hydrogen-bond donors (Lipinski definition) is 0. The van der Waals surface area contributed by atoms with Crippen molar-refractivity contribution in [3.63, 3.8) is 0 Å². The molecule has 0 amide bonds. The fourth-order valence-electron chi connectivity index (χ4n) is 1.76. The number of methoxy groups -OCH3 is 2. The Morgan fingerprint density at radius 3 is 2.35 bits per heavy atom. The molecule has 1 heterocycles. The molecule has 0 atom stereocenters. The molecule has 1 aromatic carbocycles. The Morgan fingerprint density at radius 2 is 1.75 bits per heavy atom. The molecule has 20 heavy (non-hydrogen) atoms. The highest BCUT2D eigenvalue weighted by atomic mass is 19.1. The Morgan fingerprint density at radius 1 is 1.10 bits per heavy atom. The van der Waals surface area contributed by atoms with Gasteiger partial charge >= 0.3 is 17.6 Å². The van der Waals surface area contributed by atoms with Gasteiger partial charge in [0, 0.05) is 5.39 Å². The van der Waals surface area contributed by atoms with E-state index in [1.807, 2.05) is 0 Å². The van der Waals surface area contributed by atoms with Crippen LogP contribution < -0.4 is 5.63 Å². The van der Waals surface area contributed by atoms with E-state index in [1.165, 1.54) is 0 Å². The quantitative estimate of drug-likeness (QED) is 0.775. The first-order chi connectivity index (χ1) is 9.49. The van der Waals surface area contributed by atoms with E-state index in [9.17, 15) is 18.8 Å². The zero-order valence-electron chi connectivity index (χ0n) is 10.6. The molecule has 0 aliphatic rings. The van der Waals surface area contributed by atoms with Crippen LogP contribution in [0.15, 0.2) is 27.4 Å². The maximum Gasteiger partial charge on any atom is 0.375 e. The smallest absolute Gasteiger partial charge is 0.375 e. The molecule has 0 bridgehead atoms. The minimum absolute atomic E-state index is 0.0422. The van der Waals surface area contributed by atoms with Crippen LogP contribution in [-0.4, -0.2) is 26.2 Å². The van der Waals surface area contributed by atoms with Gasteiger partial charge < -0.3 is 13.9 Å². The predicted molar refractivity (Wildman–Crippen MR) is 65.1 cm³/mol. The number of fused-ring (bicyclic) bond motifs is 1. The number of halogens is 1. The largest absolute Gasteiger partial charge is 0.465 e. The van der Waals surface area contributed by atoms with E-state index in [4.69, 9.17) is 4.42 Å². The molecule has 0 fully saturated rings. The van der Waals surface area contributed by atoms with Gasteiger partial charge in [-0.2, -0.15) is 0 Å². The molecule has 0 unspecified atom stereocenters. The van der Waals surface area contributed by atoms with Crippen LogP contribution in [0.5, 0.6) is 0 Å². The SMILES string of the molecule is COC(=O)c1oc(=O)c2ccc(F)cc2c1C(=O)OC. The van der Waals surface area contributed by atoms with Gasteiger partial charge in [0.15, 0.2) is 0 Å². The minimum atomic E-state index is -1.03. The van der Waals surface area contributed by atoms with Crippen LogP contribution >= 0.6 is 0 Å². The lowest BCUT2D eigenvalue weighted by Gasteiger charge is -2.08. The van der Waals surface area contributed by atoms with Crippen LogP contribution in [0.2, 0.25) is 0 Å². The van der Waals surface area contributed by atoms with Crippen molar-refractivity contribution in [3.05, 3.63) is 45.8 Å². The molecule has 0 saturated carbocycles. The summed E-state index contributed by atoms with van der Waals surface area (Å²) in [6, 6.07) is 3.15. The zero-order chi connectivity index (χ0) is 14.9. The van der Waals surface area contributed by atoms with Crippen LogP contribution in [0, 0.1) is 5.82 Å². The summed E-state index contributed by atoms with van der Waals surface area (Å²) in [6.07, 6.45) is 0. The molecule has 104 valence electrons. The Balaban J connectivity index is 2.96. The number of carbonyl (C=O) groups is 2. The van der Waals surface area contributed by atoms with Crippen LogP contribution in [0.3, 0.4) is 0 Å². The molecule has 0 N–H and O–H groups in total. The Hall–Kier alpha value is -2.70. The molecule has 2 rings (SSSR count). The van der Waals surface area contributed by atoms with Crippen LogP contribution in [0.4, 0.5) is 4.39 Å². The summed E-state index contributed by atoms with van der Waals surface area (Å²) in [6.45, 7) is 0. The van der Waals surface area contributed by atoms with Crippen molar-refractivity contribution in [1.29, 1.82) is 0 Å². The van der Waals surface area contributed by atoms with Crippen molar-refractivity contribution >= 4 is 22.7 Å². The molecule has 6 nitrogen and oxygen atoms in total. The third-order valence-electron chi connectivity index (χ3n) is 2.65. The zero-order valence-corrected chi connectivity index (χ0v) is 10.6. The molecule has 7 heteroatoms. The Kier molecular flexibility index (Phi) is 3.51. The first-order valence-corrected chi connectivity index (χ1v) is 5.42. The predicted octanol–water partition coefficient (Wildman–Crippen LogP) is 1.51. The number of ether oxygens (including phenoxy) is 2. The normalized spacial score (nSPS) is 10.3. The molecule has 0 aliphatic carbocycles. The van der Waals surface area contributed by atoms with E-state index in [0.717, 1.165) is 32.4 Å². The summed E-state index contributed by atoms with van der Waals surface area (Å²) in [5.41, 5.74) is -1.23. The van der Waals surface area contributed by atoms with Gasteiger partial charge in [-0.15, -0.1) is 0 Å². The van der Waals surface area contributed by atoms with Crippen molar-refractivity contribution in [2.75, 3.05) is 14.2 Å². The minimum Gasteiger partial charge on any atom is -0.465 e. The summed E-state index contributed by atoms with van der Waals surface area (Å²) < 4.78 is 27.1. The van der Waals surface area contributed by atoms with Gasteiger partial charge in [0.2, 0.25) is 5.76 Å². The topological polar surface area (TPSA) is 82.8 Å². The van der Waals surface area contributed by atoms with E-state index < -0.39 is 29.1 Å². The Bertz CT molecular complexity index is 761. The lowest BCUT2D eigenvalue weighted by molar-refractivity contribution is 0.0522. The van der Waals surface area contributed by atoms with Crippen molar-refractivity contribution in [2.24, 2.45) is 0 Å². The molecule has 0 saturated heterocycles. The Labute approximate surface area is 111 Å². The van der Waals surface area contributed by atoms with Crippen molar-refractivity contribution < 1.29 is 27.9 Å². The highest BCUT2D eigenvalue weighted by Gasteiger charge is 2.26. The second-order valence-electron chi connectivity index (χ2n) is 3.77. The van der Waals surface area contributed by atoms with Gasteiger partial charge in [-0.3, -0.25) is 0 Å². The number of benzene rings is 1. The second kappa shape index (κ2) is 5.12. The number of hydrogen-bond acceptors (Lipinski definition) is 6. The molecule has 2 aromatic rings. The summed E-state index contributed by atoms with van der Waals surface area (Å²) >= 11 is 0. The molecule has 0 aliphatic heterocycles. The average Bonchev–Trinajstić information content (AvgIpc) is 2.45. The van der Waals surface area contributed by atoms with Gasteiger partial charge in [0.1, 0.15) is 11.4 Å². The van der Waals surface area contributed by atoms with Crippen LogP contribution in [0.1, 0.15) is 20.9 Å². The van der Waals surface area contributed by atoms with Crippen molar-refractivity contribution in [1.82, 2.24) is 0 Å². The summed E-state index contributed by atoms with van der Waals surface area (Å²) in [5.74, 6) is -3.27. The van der Waals surface area contributed by atoms with E-state index in [1.54, 1.807) is 0 Å².